The van der Waals surface area contributed by atoms with Gasteiger partial charge in [-0.1, -0.05) is 26.7 Å². The number of nitrogens with one attached hydrogen (secondary N) is 1. The Balaban J connectivity index is 1.78. The molecule has 1 unspecified atom stereocenters. The zero-order valence-electron chi connectivity index (χ0n) is 11.8. The number of nitrogens with zero attached hydrogens (tertiary/aromatic N) is 1. The third kappa shape index (κ3) is 4.59. The molecule has 1 saturated heterocycles. The smallest absolute Gasteiger partial charge is 0.00684 e. The predicted octanol–water partition coefficient (Wildman–Crippen LogP) is 3.03. The van der Waals surface area contributed by atoms with E-state index >= 15 is 0 Å². The van der Waals surface area contributed by atoms with Crippen molar-refractivity contribution in [2.45, 2.75) is 64.8 Å². The Morgan fingerprint density at radius 2 is 1.76 bits per heavy atom. The quantitative estimate of drug-likeness (QED) is 0.765. The van der Waals surface area contributed by atoms with Crippen LogP contribution in [0.1, 0.15) is 58.8 Å². The molecule has 17 heavy (non-hydrogen) atoms. The van der Waals surface area contributed by atoms with Crippen LogP contribution in [0.3, 0.4) is 0 Å². The van der Waals surface area contributed by atoms with Crippen molar-refractivity contribution >= 4 is 0 Å². The molecule has 2 aliphatic rings. The van der Waals surface area contributed by atoms with Gasteiger partial charge in [0.1, 0.15) is 0 Å². The summed E-state index contributed by atoms with van der Waals surface area (Å²) in [5, 5.41) is 3.73. The highest BCUT2D eigenvalue weighted by atomic mass is 15.1. The SMILES string of the molecule is CCC(C)(CNC1CC1)CN1CCCCCC1. The molecule has 2 heteroatoms. The van der Waals surface area contributed by atoms with Crippen molar-refractivity contribution in [1.29, 1.82) is 0 Å². The second-order valence-electron chi connectivity index (χ2n) is 6.51. The molecule has 2 nitrogen and oxygen atoms in total. The highest BCUT2D eigenvalue weighted by molar-refractivity contribution is 4.87. The molecule has 0 aromatic rings. The molecule has 1 heterocycles. The Bertz CT molecular complexity index is 217. The van der Waals surface area contributed by atoms with E-state index in [1.165, 1.54) is 71.1 Å². The van der Waals surface area contributed by atoms with Crippen LogP contribution in [-0.2, 0) is 0 Å². The second kappa shape index (κ2) is 6.19. The van der Waals surface area contributed by atoms with Crippen molar-refractivity contribution in [3.63, 3.8) is 0 Å². The van der Waals surface area contributed by atoms with Crippen molar-refractivity contribution in [3.8, 4) is 0 Å². The third-order valence-corrected chi connectivity index (χ3v) is 4.55. The first-order valence-corrected chi connectivity index (χ1v) is 7.68. The van der Waals surface area contributed by atoms with E-state index in [1.807, 2.05) is 0 Å². The van der Waals surface area contributed by atoms with Crippen LogP contribution in [-0.4, -0.2) is 37.1 Å². The van der Waals surface area contributed by atoms with Gasteiger partial charge in [0.05, 0.1) is 0 Å². The van der Waals surface area contributed by atoms with Gasteiger partial charge in [0.15, 0.2) is 0 Å². The van der Waals surface area contributed by atoms with Crippen LogP contribution in [0.5, 0.6) is 0 Å². The fraction of sp³-hybridized carbons (Fsp3) is 1.00. The molecule has 1 aliphatic heterocycles. The Hall–Kier alpha value is -0.0800. The lowest BCUT2D eigenvalue weighted by molar-refractivity contribution is 0.158. The van der Waals surface area contributed by atoms with Crippen molar-refractivity contribution in [3.05, 3.63) is 0 Å². The molecular weight excluding hydrogens is 208 g/mol. The van der Waals surface area contributed by atoms with Gasteiger partial charge < -0.3 is 10.2 Å². The summed E-state index contributed by atoms with van der Waals surface area (Å²) >= 11 is 0. The van der Waals surface area contributed by atoms with Crippen molar-refractivity contribution in [2.24, 2.45) is 5.41 Å². The molecular formula is C15H30N2. The van der Waals surface area contributed by atoms with Gasteiger partial charge in [0.2, 0.25) is 0 Å². The lowest BCUT2D eigenvalue weighted by Gasteiger charge is -2.35. The minimum Gasteiger partial charge on any atom is -0.313 e. The zero-order chi connectivity index (χ0) is 12.1. The largest absolute Gasteiger partial charge is 0.313 e. The second-order valence-corrected chi connectivity index (χ2v) is 6.51. The molecule has 2 rings (SSSR count). The van der Waals surface area contributed by atoms with Gasteiger partial charge in [-0.15, -0.1) is 0 Å². The lowest BCUT2D eigenvalue weighted by Crippen LogP contribution is -2.43. The van der Waals surface area contributed by atoms with Gasteiger partial charge in [-0.3, -0.25) is 0 Å². The minimum atomic E-state index is 0.479. The minimum absolute atomic E-state index is 0.479. The topological polar surface area (TPSA) is 15.3 Å². The highest BCUT2D eigenvalue weighted by Gasteiger charge is 2.29. The van der Waals surface area contributed by atoms with Gasteiger partial charge in [-0.25, -0.2) is 0 Å². The maximum Gasteiger partial charge on any atom is 0.00684 e. The van der Waals surface area contributed by atoms with Gasteiger partial charge in [-0.2, -0.15) is 0 Å². The van der Waals surface area contributed by atoms with E-state index in [0.717, 1.165) is 6.04 Å². The lowest BCUT2D eigenvalue weighted by atomic mass is 9.86. The fourth-order valence-corrected chi connectivity index (χ4v) is 2.81. The van der Waals surface area contributed by atoms with Crippen LogP contribution in [0.4, 0.5) is 0 Å². The molecule has 100 valence electrons. The molecule has 1 saturated carbocycles. The summed E-state index contributed by atoms with van der Waals surface area (Å²) < 4.78 is 0. The van der Waals surface area contributed by atoms with Crippen LogP contribution in [0.25, 0.3) is 0 Å². The first-order chi connectivity index (χ1) is 8.22. The zero-order valence-corrected chi connectivity index (χ0v) is 11.8. The monoisotopic (exact) mass is 238 g/mol. The molecule has 2 fully saturated rings. The Morgan fingerprint density at radius 3 is 2.29 bits per heavy atom. The van der Waals surface area contributed by atoms with Gasteiger partial charge in [-0.05, 0) is 50.6 Å². The number of rotatable bonds is 6. The summed E-state index contributed by atoms with van der Waals surface area (Å²) in [6, 6.07) is 0.852. The van der Waals surface area contributed by atoms with E-state index in [-0.39, 0.29) is 0 Å². The standard InChI is InChI=1S/C15H30N2/c1-3-15(2,12-16-14-8-9-14)13-17-10-6-4-5-7-11-17/h14,16H,3-13H2,1-2H3. The van der Waals surface area contributed by atoms with Crippen molar-refractivity contribution in [2.75, 3.05) is 26.2 Å². The maximum absolute atomic E-state index is 3.73. The van der Waals surface area contributed by atoms with E-state index in [1.54, 1.807) is 0 Å². The molecule has 1 N–H and O–H groups in total. The van der Waals surface area contributed by atoms with E-state index < -0.39 is 0 Å². The van der Waals surface area contributed by atoms with Gasteiger partial charge >= 0.3 is 0 Å². The summed E-state index contributed by atoms with van der Waals surface area (Å²) in [6.45, 7) is 9.99. The molecule has 0 bridgehead atoms. The first kappa shape index (κ1) is 13.4. The van der Waals surface area contributed by atoms with Gasteiger partial charge in [0, 0.05) is 19.1 Å². The third-order valence-electron chi connectivity index (χ3n) is 4.55. The Morgan fingerprint density at radius 1 is 1.12 bits per heavy atom. The van der Waals surface area contributed by atoms with Crippen LogP contribution < -0.4 is 5.32 Å². The maximum atomic E-state index is 3.73. The summed E-state index contributed by atoms with van der Waals surface area (Å²) in [5.41, 5.74) is 0.479. The average Bonchev–Trinajstić information content (AvgIpc) is 3.14. The van der Waals surface area contributed by atoms with Crippen LogP contribution in [0, 0.1) is 5.41 Å². The van der Waals surface area contributed by atoms with Crippen molar-refractivity contribution < 1.29 is 0 Å². The molecule has 1 aliphatic carbocycles. The van der Waals surface area contributed by atoms with Crippen molar-refractivity contribution in [1.82, 2.24) is 10.2 Å². The first-order valence-electron chi connectivity index (χ1n) is 7.68. The molecule has 1 atom stereocenters. The summed E-state index contributed by atoms with van der Waals surface area (Å²) in [5.74, 6) is 0. The number of likely N-dealkylation sites (tertiary alicyclic amines) is 1. The molecule has 0 amide bonds. The van der Waals surface area contributed by atoms with Crippen LogP contribution in [0.15, 0.2) is 0 Å². The van der Waals surface area contributed by atoms with E-state index in [4.69, 9.17) is 0 Å². The predicted molar refractivity (Wildman–Crippen MR) is 74.3 cm³/mol. The van der Waals surface area contributed by atoms with E-state index in [9.17, 15) is 0 Å². The Labute approximate surface area is 107 Å². The number of hydrogen-bond donors (Lipinski definition) is 1. The van der Waals surface area contributed by atoms with Crippen LogP contribution >= 0.6 is 0 Å². The molecule has 0 aromatic heterocycles. The molecule has 0 radical (unpaired) electrons. The molecule has 0 spiro atoms. The summed E-state index contributed by atoms with van der Waals surface area (Å²) in [7, 11) is 0. The average molecular weight is 238 g/mol. The Kier molecular flexibility index (Phi) is 4.87. The summed E-state index contributed by atoms with van der Waals surface area (Å²) in [6.07, 6.45) is 9.82. The van der Waals surface area contributed by atoms with Gasteiger partial charge in [0.25, 0.3) is 0 Å². The fourth-order valence-electron chi connectivity index (χ4n) is 2.81. The highest BCUT2D eigenvalue weighted by Crippen LogP contribution is 2.26. The molecule has 0 aromatic carbocycles. The van der Waals surface area contributed by atoms with Crippen LogP contribution in [0.2, 0.25) is 0 Å². The van der Waals surface area contributed by atoms with E-state index in [0.29, 0.717) is 5.41 Å². The number of hydrogen-bond acceptors (Lipinski definition) is 2. The van der Waals surface area contributed by atoms with E-state index in [2.05, 4.69) is 24.1 Å². The summed E-state index contributed by atoms with van der Waals surface area (Å²) in [4.78, 5) is 2.71. The normalized spacial score (nSPS) is 26.5.